The van der Waals surface area contributed by atoms with E-state index < -0.39 is 11.8 Å². The fourth-order valence-corrected chi connectivity index (χ4v) is 2.37. The Bertz CT molecular complexity index is 625. The van der Waals surface area contributed by atoms with Gasteiger partial charge in [0.1, 0.15) is 0 Å². The van der Waals surface area contributed by atoms with E-state index in [9.17, 15) is 9.59 Å². The van der Waals surface area contributed by atoms with E-state index in [1.807, 2.05) is 24.3 Å². The smallest absolute Gasteiger partial charge is 0.316 e. The largest absolute Gasteiger partial charge is 0.333 e. The summed E-state index contributed by atoms with van der Waals surface area (Å²) in [6.07, 6.45) is 0.851. The molecule has 1 fully saturated rings. The second-order valence-electron chi connectivity index (χ2n) is 4.95. The van der Waals surface area contributed by atoms with Gasteiger partial charge in [0.2, 0.25) is 5.95 Å². The van der Waals surface area contributed by atoms with Crippen molar-refractivity contribution in [2.45, 2.75) is 6.42 Å². The number of benzene rings is 1. The molecule has 2 amide bonds. The van der Waals surface area contributed by atoms with E-state index >= 15 is 0 Å². The van der Waals surface area contributed by atoms with Crippen molar-refractivity contribution in [2.75, 3.05) is 31.5 Å². The van der Waals surface area contributed by atoms with Crippen molar-refractivity contribution >= 4 is 28.8 Å². The maximum atomic E-state index is 12.1. The predicted octanol–water partition coefficient (Wildman–Crippen LogP) is 0.323. The van der Waals surface area contributed by atoms with Crippen LogP contribution in [-0.2, 0) is 9.59 Å². The van der Waals surface area contributed by atoms with Gasteiger partial charge < -0.3 is 15.2 Å². The third-order valence-electron chi connectivity index (χ3n) is 3.44. The van der Waals surface area contributed by atoms with Crippen LogP contribution in [0.4, 0.5) is 5.95 Å². The highest BCUT2D eigenvalue weighted by Crippen LogP contribution is 2.13. The molecular weight excluding hydrogens is 270 g/mol. The van der Waals surface area contributed by atoms with E-state index in [2.05, 4.69) is 20.6 Å². The quantitative estimate of drug-likeness (QED) is 0.659. The van der Waals surface area contributed by atoms with Crippen LogP contribution in [0.1, 0.15) is 6.42 Å². The minimum atomic E-state index is -0.657. The number of carbonyl (C=O) groups is 2. The lowest BCUT2D eigenvalue weighted by atomic mass is 10.3. The molecule has 0 radical (unpaired) electrons. The van der Waals surface area contributed by atoms with Crippen molar-refractivity contribution in [2.24, 2.45) is 0 Å². The molecule has 110 valence electrons. The SMILES string of the molecule is O=C(Nc1nc2ccccc2[nH]1)C(=O)N1CCCNCC1. The fourth-order valence-electron chi connectivity index (χ4n) is 2.37. The summed E-state index contributed by atoms with van der Waals surface area (Å²) in [5.74, 6) is -0.877. The number of anilines is 1. The number of aromatic amines is 1. The number of para-hydroxylation sites is 2. The maximum absolute atomic E-state index is 12.1. The molecule has 1 aromatic carbocycles. The summed E-state index contributed by atoms with van der Waals surface area (Å²) in [4.78, 5) is 32.9. The molecule has 1 saturated heterocycles. The monoisotopic (exact) mass is 287 g/mol. The standard InChI is InChI=1S/C14H17N5O2/c20-12(13(21)19-8-3-6-15-7-9-19)18-14-16-10-4-1-2-5-11(10)17-14/h1-2,4-5,15H,3,6-9H2,(H2,16,17,18,20). The Morgan fingerprint density at radius 3 is 2.90 bits per heavy atom. The normalized spacial score (nSPS) is 15.7. The van der Waals surface area contributed by atoms with Gasteiger partial charge in [-0.1, -0.05) is 12.1 Å². The summed E-state index contributed by atoms with van der Waals surface area (Å²) in [5, 5.41) is 5.73. The number of nitrogens with one attached hydrogen (secondary N) is 3. The van der Waals surface area contributed by atoms with E-state index in [0.717, 1.165) is 24.0 Å². The summed E-state index contributed by atoms with van der Waals surface area (Å²) < 4.78 is 0. The fraction of sp³-hybridized carbons (Fsp3) is 0.357. The van der Waals surface area contributed by atoms with Gasteiger partial charge in [0, 0.05) is 19.6 Å². The Balaban J connectivity index is 1.68. The van der Waals surface area contributed by atoms with Crippen molar-refractivity contribution in [1.29, 1.82) is 0 Å². The number of imidazole rings is 1. The minimum absolute atomic E-state index is 0.294. The molecule has 1 aliphatic rings. The molecule has 0 atom stereocenters. The molecule has 1 aliphatic heterocycles. The van der Waals surface area contributed by atoms with E-state index in [1.54, 1.807) is 4.90 Å². The molecule has 0 spiro atoms. The number of fused-ring (bicyclic) bond motifs is 1. The number of hydrogen-bond donors (Lipinski definition) is 3. The van der Waals surface area contributed by atoms with Crippen molar-refractivity contribution in [1.82, 2.24) is 20.2 Å². The van der Waals surface area contributed by atoms with Gasteiger partial charge in [-0.25, -0.2) is 4.98 Å². The Labute approximate surface area is 121 Å². The van der Waals surface area contributed by atoms with Crippen LogP contribution in [0.2, 0.25) is 0 Å². The summed E-state index contributed by atoms with van der Waals surface area (Å²) >= 11 is 0. The highest BCUT2D eigenvalue weighted by atomic mass is 16.2. The number of H-pyrrole nitrogens is 1. The molecule has 7 nitrogen and oxygen atoms in total. The molecule has 7 heteroatoms. The number of nitrogens with zero attached hydrogens (tertiary/aromatic N) is 2. The lowest BCUT2D eigenvalue weighted by molar-refractivity contribution is -0.143. The Morgan fingerprint density at radius 1 is 1.19 bits per heavy atom. The first-order valence-corrected chi connectivity index (χ1v) is 7.00. The van der Waals surface area contributed by atoms with Crippen molar-refractivity contribution < 1.29 is 9.59 Å². The summed E-state index contributed by atoms with van der Waals surface area (Å²) in [6.45, 7) is 2.73. The lowest BCUT2D eigenvalue weighted by Gasteiger charge is -2.18. The molecule has 1 aromatic heterocycles. The van der Waals surface area contributed by atoms with E-state index in [-0.39, 0.29) is 0 Å². The molecule has 2 aromatic rings. The van der Waals surface area contributed by atoms with E-state index in [0.29, 0.717) is 25.6 Å². The zero-order chi connectivity index (χ0) is 14.7. The number of hydrogen-bond acceptors (Lipinski definition) is 4. The van der Waals surface area contributed by atoms with Gasteiger partial charge in [-0.3, -0.25) is 14.9 Å². The van der Waals surface area contributed by atoms with Crippen molar-refractivity contribution in [3.63, 3.8) is 0 Å². The molecule has 0 aliphatic carbocycles. The first-order valence-electron chi connectivity index (χ1n) is 7.00. The molecule has 21 heavy (non-hydrogen) atoms. The molecule has 2 heterocycles. The van der Waals surface area contributed by atoms with Crippen LogP contribution >= 0.6 is 0 Å². The Hall–Kier alpha value is -2.41. The zero-order valence-corrected chi connectivity index (χ0v) is 11.6. The van der Waals surface area contributed by atoms with Crippen LogP contribution in [0, 0.1) is 0 Å². The average molecular weight is 287 g/mol. The second kappa shape index (κ2) is 5.92. The first kappa shape index (κ1) is 13.6. The van der Waals surface area contributed by atoms with Gasteiger partial charge >= 0.3 is 11.8 Å². The van der Waals surface area contributed by atoms with Crippen molar-refractivity contribution in [3.8, 4) is 0 Å². The average Bonchev–Trinajstić information content (AvgIpc) is 2.71. The topological polar surface area (TPSA) is 90.1 Å². The third kappa shape index (κ3) is 3.03. The van der Waals surface area contributed by atoms with Crippen LogP contribution in [0.15, 0.2) is 24.3 Å². The van der Waals surface area contributed by atoms with Crippen LogP contribution in [-0.4, -0.2) is 52.9 Å². The lowest BCUT2D eigenvalue weighted by Crippen LogP contribution is -2.41. The van der Waals surface area contributed by atoms with Crippen LogP contribution < -0.4 is 10.6 Å². The minimum Gasteiger partial charge on any atom is -0.333 e. The molecule has 0 saturated carbocycles. The first-order chi connectivity index (χ1) is 10.2. The predicted molar refractivity (Wildman–Crippen MR) is 78.8 cm³/mol. The maximum Gasteiger partial charge on any atom is 0.316 e. The number of carbonyl (C=O) groups excluding carboxylic acids is 2. The summed E-state index contributed by atoms with van der Waals surface area (Å²) in [5.41, 5.74) is 1.57. The van der Waals surface area contributed by atoms with Crippen molar-refractivity contribution in [3.05, 3.63) is 24.3 Å². The molecule has 3 N–H and O–H groups in total. The van der Waals surface area contributed by atoms with Gasteiger partial charge in [0.15, 0.2) is 0 Å². The van der Waals surface area contributed by atoms with E-state index in [4.69, 9.17) is 0 Å². The van der Waals surface area contributed by atoms with Crippen LogP contribution in [0.5, 0.6) is 0 Å². The van der Waals surface area contributed by atoms with Gasteiger partial charge in [-0.15, -0.1) is 0 Å². The molecule has 0 unspecified atom stereocenters. The highest BCUT2D eigenvalue weighted by Gasteiger charge is 2.23. The molecule has 3 rings (SSSR count). The molecular formula is C14H17N5O2. The van der Waals surface area contributed by atoms with Gasteiger partial charge in [0.25, 0.3) is 0 Å². The number of amides is 2. The molecule has 0 bridgehead atoms. The number of rotatable bonds is 1. The Kier molecular flexibility index (Phi) is 3.83. The van der Waals surface area contributed by atoms with Gasteiger partial charge in [-0.2, -0.15) is 0 Å². The summed E-state index contributed by atoms with van der Waals surface area (Å²) in [7, 11) is 0. The second-order valence-corrected chi connectivity index (χ2v) is 4.95. The highest BCUT2D eigenvalue weighted by molar-refractivity contribution is 6.39. The Morgan fingerprint density at radius 2 is 2.05 bits per heavy atom. The zero-order valence-electron chi connectivity index (χ0n) is 11.6. The van der Waals surface area contributed by atoms with Gasteiger partial charge in [0.05, 0.1) is 11.0 Å². The van der Waals surface area contributed by atoms with Gasteiger partial charge in [-0.05, 0) is 25.1 Å². The summed E-state index contributed by atoms with van der Waals surface area (Å²) in [6, 6.07) is 7.44. The van der Waals surface area contributed by atoms with Crippen LogP contribution in [0.3, 0.4) is 0 Å². The van der Waals surface area contributed by atoms with Crippen LogP contribution in [0.25, 0.3) is 11.0 Å². The number of aromatic nitrogens is 2. The van der Waals surface area contributed by atoms with E-state index in [1.165, 1.54) is 0 Å². The third-order valence-corrected chi connectivity index (χ3v) is 3.44.